The molecule has 1 unspecified atom stereocenters. The molecule has 4 nitrogen and oxygen atoms in total. The summed E-state index contributed by atoms with van der Waals surface area (Å²) in [6.07, 6.45) is 4.16. The van der Waals surface area contributed by atoms with Crippen LogP contribution in [0.5, 0.6) is 0 Å². The van der Waals surface area contributed by atoms with Gasteiger partial charge in [0.05, 0.1) is 5.92 Å². The first-order valence-electron chi connectivity index (χ1n) is 4.20. The Morgan fingerprint density at radius 2 is 2.15 bits per heavy atom. The van der Waals surface area contributed by atoms with E-state index in [1.54, 1.807) is 12.4 Å². The molecule has 4 heteroatoms. The fourth-order valence-electron chi connectivity index (χ4n) is 1.43. The van der Waals surface area contributed by atoms with Crippen LogP contribution in [-0.4, -0.2) is 21.0 Å². The number of carboxylic acids is 1. The molecule has 0 radical (unpaired) electrons. The molecule has 0 bridgehead atoms. The molecule has 1 N–H and O–H groups in total. The second kappa shape index (κ2) is 2.80. The molecule has 1 aliphatic carbocycles. The summed E-state index contributed by atoms with van der Waals surface area (Å²) < 4.78 is 0. The molecular formula is C9H10N2O2. The molecule has 0 saturated heterocycles. The van der Waals surface area contributed by atoms with Crippen LogP contribution >= 0.6 is 0 Å². The maximum atomic E-state index is 10.6. The average Bonchev–Trinajstić information content (AvgIpc) is 2.85. The number of carboxylic acid groups (broad SMARTS) is 1. The zero-order valence-corrected chi connectivity index (χ0v) is 7.27. The van der Waals surface area contributed by atoms with Crippen molar-refractivity contribution in [3.8, 4) is 0 Å². The number of rotatable bonds is 2. The van der Waals surface area contributed by atoms with E-state index in [4.69, 9.17) is 5.11 Å². The Morgan fingerprint density at radius 3 is 2.62 bits per heavy atom. The lowest BCUT2D eigenvalue weighted by Gasteiger charge is -1.96. The third-order valence-corrected chi connectivity index (χ3v) is 2.34. The van der Waals surface area contributed by atoms with Crippen LogP contribution in [0.15, 0.2) is 12.4 Å². The molecule has 13 heavy (non-hydrogen) atoms. The SMILES string of the molecule is Cc1ncc(C2C[C@H]2C(=O)O)cn1. The van der Waals surface area contributed by atoms with E-state index in [-0.39, 0.29) is 11.8 Å². The van der Waals surface area contributed by atoms with E-state index in [0.29, 0.717) is 0 Å². The highest BCUT2D eigenvalue weighted by Crippen LogP contribution is 2.46. The first-order valence-corrected chi connectivity index (χ1v) is 4.20. The van der Waals surface area contributed by atoms with Crippen molar-refractivity contribution in [1.82, 2.24) is 9.97 Å². The second-order valence-corrected chi connectivity index (χ2v) is 3.35. The van der Waals surface area contributed by atoms with E-state index in [9.17, 15) is 4.79 Å². The summed E-state index contributed by atoms with van der Waals surface area (Å²) >= 11 is 0. The van der Waals surface area contributed by atoms with Crippen molar-refractivity contribution >= 4 is 5.97 Å². The van der Waals surface area contributed by atoms with E-state index < -0.39 is 5.97 Å². The molecule has 1 aliphatic rings. The minimum absolute atomic E-state index is 0.137. The van der Waals surface area contributed by atoms with Crippen LogP contribution < -0.4 is 0 Å². The molecular weight excluding hydrogens is 168 g/mol. The molecule has 1 heterocycles. The van der Waals surface area contributed by atoms with Gasteiger partial charge < -0.3 is 5.11 Å². The quantitative estimate of drug-likeness (QED) is 0.733. The number of aliphatic carboxylic acids is 1. The van der Waals surface area contributed by atoms with Gasteiger partial charge in [0.1, 0.15) is 5.82 Å². The van der Waals surface area contributed by atoms with Gasteiger partial charge in [-0.2, -0.15) is 0 Å². The Labute approximate surface area is 75.6 Å². The van der Waals surface area contributed by atoms with Crippen molar-refractivity contribution in [2.75, 3.05) is 0 Å². The van der Waals surface area contributed by atoms with E-state index in [2.05, 4.69) is 9.97 Å². The molecule has 1 aromatic heterocycles. The van der Waals surface area contributed by atoms with Crippen molar-refractivity contribution in [3.05, 3.63) is 23.8 Å². The molecule has 2 atom stereocenters. The van der Waals surface area contributed by atoms with E-state index in [1.165, 1.54) is 0 Å². The average molecular weight is 178 g/mol. The van der Waals surface area contributed by atoms with Gasteiger partial charge in [-0.3, -0.25) is 4.79 Å². The number of aromatic nitrogens is 2. The third-order valence-electron chi connectivity index (χ3n) is 2.34. The van der Waals surface area contributed by atoms with Crippen molar-refractivity contribution in [2.45, 2.75) is 19.3 Å². The number of hydrogen-bond acceptors (Lipinski definition) is 3. The summed E-state index contributed by atoms with van der Waals surface area (Å²) in [7, 11) is 0. The van der Waals surface area contributed by atoms with Crippen LogP contribution in [0.3, 0.4) is 0 Å². The summed E-state index contributed by atoms with van der Waals surface area (Å²) in [6.45, 7) is 1.81. The zero-order chi connectivity index (χ0) is 9.42. The molecule has 2 rings (SSSR count). The van der Waals surface area contributed by atoms with Crippen LogP contribution in [-0.2, 0) is 4.79 Å². The van der Waals surface area contributed by atoms with Crippen LogP contribution in [0, 0.1) is 12.8 Å². The maximum Gasteiger partial charge on any atom is 0.307 e. The zero-order valence-electron chi connectivity index (χ0n) is 7.27. The standard InChI is InChI=1S/C9H10N2O2/c1-5-10-3-6(4-11-5)7-2-8(7)9(12)13/h3-4,7-8H,2H2,1H3,(H,12,13)/t7?,8-/m1/s1. The van der Waals surface area contributed by atoms with Crippen molar-refractivity contribution in [3.63, 3.8) is 0 Å². The highest BCUT2D eigenvalue weighted by Gasteiger charge is 2.44. The van der Waals surface area contributed by atoms with Crippen LogP contribution in [0.25, 0.3) is 0 Å². The van der Waals surface area contributed by atoms with Crippen molar-refractivity contribution in [1.29, 1.82) is 0 Å². The summed E-state index contributed by atoms with van der Waals surface area (Å²) in [6, 6.07) is 0. The van der Waals surface area contributed by atoms with Crippen molar-refractivity contribution in [2.24, 2.45) is 5.92 Å². The molecule has 1 saturated carbocycles. The lowest BCUT2D eigenvalue weighted by Crippen LogP contribution is -1.99. The van der Waals surface area contributed by atoms with Gasteiger partial charge in [-0.05, 0) is 18.9 Å². The fraction of sp³-hybridized carbons (Fsp3) is 0.444. The Kier molecular flexibility index (Phi) is 1.76. The summed E-state index contributed by atoms with van der Waals surface area (Å²) in [5.41, 5.74) is 0.943. The Bertz CT molecular complexity index is 334. The minimum atomic E-state index is -0.717. The first-order chi connectivity index (χ1) is 6.18. The molecule has 1 fully saturated rings. The van der Waals surface area contributed by atoms with Gasteiger partial charge in [0, 0.05) is 18.3 Å². The lowest BCUT2D eigenvalue weighted by molar-refractivity contribution is -0.138. The van der Waals surface area contributed by atoms with Gasteiger partial charge in [-0.25, -0.2) is 9.97 Å². The monoisotopic (exact) mass is 178 g/mol. The minimum Gasteiger partial charge on any atom is -0.481 e. The fourth-order valence-corrected chi connectivity index (χ4v) is 1.43. The van der Waals surface area contributed by atoms with E-state index in [0.717, 1.165) is 17.8 Å². The molecule has 0 spiro atoms. The molecule has 1 aromatic rings. The van der Waals surface area contributed by atoms with Crippen LogP contribution in [0.4, 0.5) is 0 Å². The Morgan fingerprint density at radius 1 is 1.54 bits per heavy atom. The van der Waals surface area contributed by atoms with Gasteiger partial charge in [0.15, 0.2) is 0 Å². The Hall–Kier alpha value is -1.45. The smallest absolute Gasteiger partial charge is 0.307 e. The first kappa shape index (κ1) is 8.16. The summed E-state index contributed by atoms with van der Waals surface area (Å²) in [4.78, 5) is 18.6. The largest absolute Gasteiger partial charge is 0.481 e. The van der Waals surface area contributed by atoms with Gasteiger partial charge >= 0.3 is 5.97 Å². The molecule has 0 aliphatic heterocycles. The number of hydrogen-bond donors (Lipinski definition) is 1. The van der Waals surface area contributed by atoms with Crippen LogP contribution in [0.2, 0.25) is 0 Å². The van der Waals surface area contributed by atoms with Crippen molar-refractivity contribution < 1.29 is 9.90 Å². The predicted molar refractivity (Wildman–Crippen MR) is 45.3 cm³/mol. The normalized spacial score (nSPS) is 25.6. The summed E-state index contributed by atoms with van der Waals surface area (Å²) in [5, 5.41) is 8.70. The van der Waals surface area contributed by atoms with Gasteiger partial charge in [0.25, 0.3) is 0 Å². The molecule has 0 amide bonds. The highest BCUT2D eigenvalue weighted by atomic mass is 16.4. The lowest BCUT2D eigenvalue weighted by atomic mass is 10.2. The third kappa shape index (κ3) is 1.52. The Balaban J connectivity index is 2.12. The van der Waals surface area contributed by atoms with Crippen LogP contribution in [0.1, 0.15) is 23.7 Å². The molecule has 68 valence electrons. The summed E-state index contributed by atoms with van der Waals surface area (Å²) in [5.74, 6) is -0.0775. The van der Waals surface area contributed by atoms with E-state index in [1.807, 2.05) is 6.92 Å². The van der Waals surface area contributed by atoms with Gasteiger partial charge in [0.2, 0.25) is 0 Å². The van der Waals surface area contributed by atoms with E-state index >= 15 is 0 Å². The predicted octanol–water partition coefficient (Wildman–Crippen LogP) is 0.973. The van der Waals surface area contributed by atoms with Gasteiger partial charge in [-0.15, -0.1) is 0 Å². The number of carbonyl (C=O) groups is 1. The topological polar surface area (TPSA) is 63.1 Å². The number of aryl methyl sites for hydroxylation is 1. The molecule has 0 aromatic carbocycles. The van der Waals surface area contributed by atoms with Gasteiger partial charge in [-0.1, -0.05) is 0 Å². The number of nitrogens with zero attached hydrogens (tertiary/aromatic N) is 2. The second-order valence-electron chi connectivity index (χ2n) is 3.35. The maximum absolute atomic E-state index is 10.6. The highest BCUT2D eigenvalue weighted by molar-refractivity contribution is 5.75.